The molecule has 2 aromatic rings. The molecular weight excluding hydrogens is 349 g/mol. The molecule has 1 aromatic carbocycles. The van der Waals surface area contributed by atoms with Gasteiger partial charge in [0.15, 0.2) is 11.6 Å². The highest BCUT2D eigenvalue weighted by molar-refractivity contribution is 7.89. The maximum Gasteiger partial charge on any atom is 0.243 e. The fourth-order valence-corrected chi connectivity index (χ4v) is 4.10. The number of halogens is 1. The molecule has 1 saturated heterocycles. The minimum absolute atomic E-state index is 0.0340. The lowest BCUT2D eigenvalue weighted by atomic mass is 10.3. The summed E-state index contributed by atoms with van der Waals surface area (Å²) in [6.45, 7) is 2.50. The Morgan fingerprint density at radius 3 is 2.88 bits per heavy atom. The van der Waals surface area contributed by atoms with Crippen LogP contribution in [0.1, 0.15) is 13.3 Å². The second-order valence-corrected chi connectivity index (χ2v) is 7.42. The third-order valence-corrected chi connectivity index (χ3v) is 5.65. The van der Waals surface area contributed by atoms with Crippen molar-refractivity contribution in [3.8, 4) is 11.6 Å². The highest BCUT2D eigenvalue weighted by Gasteiger charge is 2.34. The molecule has 1 unspecified atom stereocenters. The lowest BCUT2D eigenvalue weighted by molar-refractivity contribution is 0.204. The van der Waals surface area contributed by atoms with Gasteiger partial charge in [-0.2, -0.15) is 9.40 Å². The van der Waals surface area contributed by atoms with Gasteiger partial charge in [-0.05, 0) is 37.6 Å². The van der Waals surface area contributed by atoms with Crippen molar-refractivity contribution in [1.29, 1.82) is 0 Å². The Labute approximate surface area is 145 Å². The summed E-state index contributed by atoms with van der Waals surface area (Å²) in [5.41, 5.74) is 0. The van der Waals surface area contributed by atoms with E-state index in [1.807, 2.05) is 0 Å². The maximum atomic E-state index is 14.0. The lowest BCUT2D eigenvalue weighted by Crippen LogP contribution is -2.31. The number of hydrogen-bond donors (Lipinski definition) is 0. The molecule has 0 radical (unpaired) electrons. The van der Waals surface area contributed by atoms with Crippen LogP contribution >= 0.6 is 0 Å². The highest BCUT2D eigenvalue weighted by atomic mass is 32.2. The van der Waals surface area contributed by atoms with Crippen LogP contribution in [0.4, 0.5) is 4.39 Å². The van der Waals surface area contributed by atoms with Gasteiger partial charge in [-0.1, -0.05) is 0 Å². The summed E-state index contributed by atoms with van der Waals surface area (Å²) in [5.74, 6) is -0.319. The van der Waals surface area contributed by atoms with Gasteiger partial charge in [-0.3, -0.25) is 0 Å². The normalized spacial score (nSPS) is 18.2. The van der Waals surface area contributed by atoms with Crippen LogP contribution in [0, 0.1) is 5.82 Å². The zero-order valence-corrected chi connectivity index (χ0v) is 14.4. The van der Waals surface area contributed by atoms with Gasteiger partial charge < -0.3 is 9.47 Å². The summed E-state index contributed by atoms with van der Waals surface area (Å²) < 4.78 is 51.4. The van der Waals surface area contributed by atoms with Crippen LogP contribution in [-0.2, 0) is 10.0 Å². The van der Waals surface area contributed by atoms with Crippen molar-refractivity contribution < 1.29 is 22.3 Å². The largest absolute Gasteiger partial charge is 0.491 e. The number of benzene rings is 1. The Kier molecular flexibility index (Phi) is 5.14. The molecule has 3 rings (SSSR count). The van der Waals surface area contributed by atoms with Crippen LogP contribution < -0.4 is 9.47 Å². The quantitative estimate of drug-likeness (QED) is 0.775. The zero-order valence-electron chi connectivity index (χ0n) is 13.6. The topological polar surface area (TPSA) is 81.6 Å². The van der Waals surface area contributed by atoms with Crippen molar-refractivity contribution >= 4 is 10.0 Å². The minimum atomic E-state index is -3.80. The summed E-state index contributed by atoms with van der Waals surface area (Å²) in [5, 5.41) is 7.54. The molecule has 0 saturated carbocycles. The van der Waals surface area contributed by atoms with Gasteiger partial charge in [0.2, 0.25) is 15.9 Å². The van der Waals surface area contributed by atoms with E-state index in [0.29, 0.717) is 25.5 Å². The van der Waals surface area contributed by atoms with Crippen LogP contribution in [-0.4, -0.2) is 48.7 Å². The molecular formula is C16H18FN3O4S. The number of aromatic nitrogens is 2. The molecule has 1 atom stereocenters. The molecule has 25 heavy (non-hydrogen) atoms. The van der Waals surface area contributed by atoms with Crippen LogP contribution in [0.15, 0.2) is 41.4 Å². The molecule has 0 N–H and O–H groups in total. The smallest absolute Gasteiger partial charge is 0.243 e. The van der Waals surface area contributed by atoms with E-state index in [1.54, 1.807) is 19.1 Å². The van der Waals surface area contributed by atoms with E-state index in [0.717, 1.165) is 6.07 Å². The van der Waals surface area contributed by atoms with Gasteiger partial charge in [0, 0.05) is 18.8 Å². The first kappa shape index (κ1) is 17.6. The SMILES string of the molecule is CCOc1ccc(S(=O)(=O)N2CCC(Oc3cccnn3)C2)cc1F. The number of hydrogen-bond acceptors (Lipinski definition) is 6. The molecule has 0 bridgehead atoms. The molecule has 0 aliphatic carbocycles. The summed E-state index contributed by atoms with van der Waals surface area (Å²) in [6, 6.07) is 7.01. The van der Waals surface area contributed by atoms with Crippen molar-refractivity contribution in [2.45, 2.75) is 24.3 Å². The van der Waals surface area contributed by atoms with E-state index in [9.17, 15) is 12.8 Å². The maximum absolute atomic E-state index is 14.0. The van der Waals surface area contributed by atoms with Crippen molar-refractivity contribution in [3.63, 3.8) is 0 Å². The third kappa shape index (κ3) is 3.88. The van der Waals surface area contributed by atoms with E-state index >= 15 is 0 Å². The van der Waals surface area contributed by atoms with Gasteiger partial charge in [0.1, 0.15) is 6.10 Å². The standard InChI is InChI=1S/C16H18FN3O4S/c1-2-23-15-6-5-13(10-14(15)17)25(21,22)20-9-7-12(11-20)24-16-4-3-8-18-19-16/h3-6,8,10,12H,2,7,9,11H2,1H3. The minimum Gasteiger partial charge on any atom is -0.491 e. The first-order valence-electron chi connectivity index (χ1n) is 7.87. The predicted molar refractivity (Wildman–Crippen MR) is 87.4 cm³/mol. The third-order valence-electron chi connectivity index (χ3n) is 3.78. The van der Waals surface area contributed by atoms with E-state index < -0.39 is 15.8 Å². The number of rotatable bonds is 6. The second-order valence-electron chi connectivity index (χ2n) is 5.48. The van der Waals surface area contributed by atoms with E-state index in [4.69, 9.17) is 9.47 Å². The summed E-state index contributed by atoms with van der Waals surface area (Å²) in [7, 11) is -3.80. The van der Waals surface area contributed by atoms with Gasteiger partial charge in [0.25, 0.3) is 0 Å². The van der Waals surface area contributed by atoms with Crippen LogP contribution in [0.5, 0.6) is 11.6 Å². The van der Waals surface area contributed by atoms with E-state index in [2.05, 4.69) is 10.2 Å². The lowest BCUT2D eigenvalue weighted by Gasteiger charge is -2.17. The van der Waals surface area contributed by atoms with Crippen molar-refractivity contribution in [1.82, 2.24) is 14.5 Å². The van der Waals surface area contributed by atoms with Gasteiger partial charge >= 0.3 is 0 Å². The van der Waals surface area contributed by atoms with Crippen molar-refractivity contribution in [3.05, 3.63) is 42.3 Å². The second kappa shape index (κ2) is 7.32. The summed E-state index contributed by atoms with van der Waals surface area (Å²) >= 11 is 0. The molecule has 134 valence electrons. The van der Waals surface area contributed by atoms with Gasteiger partial charge in [-0.25, -0.2) is 12.8 Å². The first-order valence-corrected chi connectivity index (χ1v) is 9.31. The Morgan fingerprint density at radius 2 is 2.20 bits per heavy atom. The van der Waals surface area contributed by atoms with Crippen molar-refractivity contribution in [2.24, 2.45) is 0 Å². The Morgan fingerprint density at radius 1 is 1.36 bits per heavy atom. The van der Waals surface area contributed by atoms with Gasteiger partial charge in [0.05, 0.1) is 18.0 Å². The molecule has 0 spiro atoms. The van der Waals surface area contributed by atoms with Crippen molar-refractivity contribution in [2.75, 3.05) is 19.7 Å². The average Bonchev–Trinajstić information content (AvgIpc) is 3.07. The fraction of sp³-hybridized carbons (Fsp3) is 0.375. The van der Waals surface area contributed by atoms with Crippen LogP contribution in [0.2, 0.25) is 0 Å². The van der Waals surface area contributed by atoms with Crippen LogP contribution in [0.25, 0.3) is 0 Å². The molecule has 1 aliphatic rings. The monoisotopic (exact) mass is 367 g/mol. The zero-order chi connectivity index (χ0) is 17.9. The van der Waals surface area contributed by atoms with E-state index in [1.165, 1.54) is 22.6 Å². The number of sulfonamides is 1. The van der Waals surface area contributed by atoms with Crippen LogP contribution in [0.3, 0.4) is 0 Å². The Bertz CT molecular complexity index is 833. The number of nitrogens with zero attached hydrogens (tertiary/aromatic N) is 3. The highest BCUT2D eigenvalue weighted by Crippen LogP contribution is 2.26. The molecule has 1 aromatic heterocycles. The van der Waals surface area contributed by atoms with Gasteiger partial charge in [-0.15, -0.1) is 5.10 Å². The average molecular weight is 367 g/mol. The number of ether oxygens (including phenoxy) is 2. The molecule has 0 amide bonds. The Balaban J connectivity index is 1.72. The summed E-state index contributed by atoms with van der Waals surface area (Å²) in [6.07, 6.45) is 1.73. The molecule has 9 heteroatoms. The fourth-order valence-electron chi connectivity index (χ4n) is 2.60. The predicted octanol–water partition coefficient (Wildman–Crippen LogP) is 1.86. The summed E-state index contributed by atoms with van der Waals surface area (Å²) in [4.78, 5) is -0.103. The molecule has 1 fully saturated rings. The molecule has 1 aliphatic heterocycles. The molecule has 2 heterocycles. The van der Waals surface area contributed by atoms with E-state index in [-0.39, 0.29) is 23.3 Å². The molecule has 7 nitrogen and oxygen atoms in total. The first-order chi connectivity index (χ1) is 12.0. The Hall–Kier alpha value is -2.26.